The number of nitrogens with two attached hydrogens (primary N) is 1. The molecule has 0 unspecified atom stereocenters. The van der Waals surface area contributed by atoms with Crippen LogP contribution in [0.4, 0.5) is 17.5 Å². The molecule has 11 nitrogen and oxygen atoms in total. The third kappa shape index (κ3) is 3.85. The Hall–Kier alpha value is -3.99. The van der Waals surface area contributed by atoms with Crippen molar-refractivity contribution >= 4 is 34.5 Å². The first-order valence-electron chi connectivity index (χ1n) is 10.2. The molecule has 3 aromatic heterocycles. The van der Waals surface area contributed by atoms with E-state index >= 15 is 0 Å². The van der Waals surface area contributed by atoms with Crippen LogP contribution in [0, 0.1) is 0 Å². The summed E-state index contributed by atoms with van der Waals surface area (Å²) in [5, 5.41) is 7.30. The molecule has 32 heavy (non-hydrogen) atoms. The van der Waals surface area contributed by atoms with Crippen LogP contribution in [0.1, 0.15) is 22.1 Å². The van der Waals surface area contributed by atoms with Crippen molar-refractivity contribution in [2.45, 2.75) is 12.5 Å². The van der Waals surface area contributed by atoms with Gasteiger partial charge in [-0.25, -0.2) is 9.97 Å². The highest BCUT2D eigenvalue weighted by molar-refractivity contribution is 5.96. The van der Waals surface area contributed by atoms with E-state index in [1.165, 1.54) is 0 Å². The first-order chi connectivity index (χ1) is 15.6. The van der Waals surface area contributed by atoms with Crippen LogP contribution in [0.5, 0.6) is 0 Å². The Bertz CT molecular complexity index is 1230. The lowest BCUT2D eigenvalue weighted by Gasteiger charge is -2.37. The van der Waals surface area contributed by atoms with E-state index in [0.29, 0.717) is 49.5 Å². The predicted octanol–water partition coefficient (Wildman–Crippen LogP) is 1.91. The van der Waals surface area contributed by atoms with E-state index in [4.69, 9.17) is 14.9 Å². The average molecular weight is 434 g/mol. The van der Waals surface area contributed by atoms with Crippen LogP contribution < -0.4 is 16.0 Å². The van der Waals surface area contributed by atoms with Gasteiger partial charge in [-0.2, -0.15) is 10.1 Å². The van der Waals surface area contributed by atoms with E-state index in [2.05, 4.69) is 25.4 Å². The smallest absolute Gasteiger partial charge is 0.298 e. The van der Waals surface area contributed by atoms with E-state index in [9.17, 15) is 4.79 Å². The van der Waals surface area contributed by atoms with Crippen LogP contribution in [-0.2, 0) is 11.3 Å². The number of amides is 1. The monoisotopic (exact) mass is 434 g/mol. The van der Waals surface area contributed by atoms with Crippen molar-refractivity contribution in [3.63, 3.8) is 0 Å². The van der Waals surface area contributed by atoms with Gasteiger partial charge in [0.15, 0.2) is 17.1 Å². The lowest BCUT2D eigenvalue weighted by atomic mass is 9.97. The molecule has 0 radical (unpaired) electrons. The Labute approximate surface area is 183 Å². The van der Waals surface area contributed by atoms with Crippen LogP contribution >= 0.6 is 0 Å². The number of nitrogens with zero attached hydrogens (tertiary/aromatic N) is 6. The molecule has 0 saturated carbocycles. The number of aromatic nitrogens is 5. The molecule has 4 heterocycles. The third-order valence-electron chi connectivity index (χ3n) is 5.30. The molecule has 11 heteroatoms. The van der Waals surface area contributed by atoms with Gasteiger partial charge in [0.1, 0.15) is 5.52 Å². The number of primary amides is 1. The number of ether oxygens (including phenoxy) is 1. The number of hydrogen-bond donors (Lipinski definition) is 2. The highest BCUT2D eigenvalue weighted by Crippen LogP contribution is 2.32. The summed E-state index contributed by atoms with van der Waals surface area (Å²) in [5.41, 5.74) is 8.62. The van der Waals surface area contributed by atoms with Crippen LogP contribution in [-0.4, -0.2) is 57.4 Å². The number of benzene rings is 1. The van der Waals surface area contributed by atoms with Crippen molar-refractivity contribution in [3.8, 4) is 0 Å². The molecule has 1 saturated heterocycles. The van der Waals surface area contributed by atoms with Crippen LogP contribution in [0.2, 0.25) is 0 Å². The minimum absolute atomic E-state index is 0.0902. The molecule has 0 bridgehead atoms. The lowest BCUT2D eigenvalue weighted by Crippen LogP contribution is -2.45. The van der Waals surface area contributed by atoms with Crippen LogP contribution in [0.15, 0.2) is 47.3 Å². The van der Waals surface area contributed by atoms with Crippen LogP contribution in [0.25, 0.3) is 11.1 Å². The molecule has 0 atom stereocenters. The molecule has 1 aromatic carbocycles. The number of carbonyl (C=O) groups is 1. The summed E-state index contributed by atoms with van der Waals surface area (Å²) in [5.74, 6) is -0.257. The normalized spacial score (nSPS) is 14.0. The van der Waals surface area contributed by atoms with Gasteiger partial charge in [-0.1, -0.05) is 12.1 Å². The molecule has 3 N–H and O–H groups in total. The number of carbonyl (C=O) groups excluding carboxylic acids is 1. The van der Waals surface area contributed by atoms with E-state index in [0.717, 1.165) is 11.1 Å². The molecule has 0 spiro atoms. The highest BCUT2D eigenvalue weighted by Gasteiger charge is 2.33. The van der Waals surface area contributed by atoms with E-state index in [1.54, 1.807) is 30.4 Å². The van der Waals surface area contributed by atoms with Crippen LogP contribution in [0.3, 0.4) is 0 Å². The molecule has 1 fully saturated rings. The summed E-state index contributed by atoms with van der Waals surface area (Å²) in [7, 11) is 1.63. The zero-order chi connectivity index (χ0) is 22.1. The van der Waals surface area contributed by atoms with Gasteiger partial charge in [-0.3, -0.25) is 9.48 Å². The molecule has 1 aliphatic heterocycles. The van der Waals surface area contributed by atoms with Gasteiger partial charge in [0.05, 0.1) is 36.9 Å². The van der Waals surface area contributed by atoms with E-state index in [1.807, 2.05) is 29.2 Å². The number of para-hydroxylation sites is 2. The maximum Gasteiger partial charge on any atom is 0.298 e. The largest absolute Gasteiger partial charge is 0.423 e. The molecular formula is C21H22N8O3. The first kappa shape index (κ1) is 19.9. The summed E-state index contributed by atoms with van der Waals surface area (Å²) in [6.07, 6.45) is 5.10. The van der Waals surface area contributed by atoms with Gasteiger partial charge < -0.3 is 25.1 Å². The number of anilines is 3. The van der Waals surface area contributed by atoms with E-state index < -0.39 is 5.91 Å². The maximum absolute atomic E-state index is 12.0. The Balaban J connectivity index is 1.29. The predicted molar refractivity (Wildman–Crippen MR) is 117 cm³/mol. The fraction of sp³-hybridized carbons (Fsp3) is 0.286. The number of fused-ring (bicyclic) bond motifs is 1. The second-order valence-electron chi connectivity index (χ2n) is 7.53. The third-order valence-corrected chi connectivity index (χ3v) is 5.30. The van der Waals surface area contributed by atoms with Gasteiger partial charge in [0.25, 0.3) is 11.9 Å². The Morgan fingerprint density at radius 3 is 2.91 bits per heavy atom. The zero-order valence-corrected chi connectivity index (χ0v) is 17.4. The number of oxazole rings is 1. The lowest BCUT2D eigenvalue weighted by molar-refractivity contribution is 0.0995. The molecule has 1 amide bonds. The molecule has 1 aliphatic rings. The second kappa shape index (κ2) is 8.27. The standard InChI is InChI=1S/C21H22N8O3/c1-31-7-6-29-12-14(8-24-29)25-20-18(19(22)30)26-16(9-23-20)13-10-28(11-13)21-27-15-4-2-3-5-17(15)32-21/h2-5,8-9,12-13H,6-7,10-11H2,1H3,(H2,22,30)(H,23,25). The quantitative estimate of drug-likeness (QED) is 0.426. The fourth-order valence-corrected chi connectivity index (χ4v) is 3.55. The van der Waals surface area contributed by atoms with Gasteiger partial charge >= 0.3 is 0 Å². The molecule has 0 aliphatic carbocycles. The van der Waals surface area contributed by atoms with Crippen molar-refractivity contribution in [2.24, 2.45) is 5.73 Å². The first-order valence-corrected chi connectivity index (χ1v) is 10.2. The van der Waals surface area contributed by atoms with Gasteiger partial charge in [0.2, 0.25) is 0 Å². The van der Waals surface area contributed by atoms with Crippen molar-refractivity contribution in [1.29, 1.82) is 0 Å². The van der Waals surface area contributed by atoms with Gasteiger partial charge in [-0.15, -0.1) is 0 Å². The molecule has 5 rings (SSSR count). The molecular weight excluding hydrogens is 412 g/mol. The minimum Gasteiger partial charge on any atom is -0.423 e. The summed E-state index contributed by atoms with van der Waals surface area (Å²) >= 11 is 0. The number of hydrogen-bond acceptors (Lipinski definition) is 9. The summed E-state index contributed by atoms with van der Waals surface area (Å²) < 4.78 is 12.6. The maximum atomic E-state index is 12.0. The highest BCUT2D eigenvalue weighted by atomic mass is 16.5. The zero-order valence-electron chi connectivity index (χ0n) is 17.4. The van der Waals surface area contributed by atoms with Gasteiger partial charge in [-0.05, 0) is 12.1 Å². The topological polar surface area (TPSA) is 137 Å². The SMILES string of the molecule is COCCn1cc(Nc2ncc(C3CN(c4nc5ccccc5o4)C3)nc2C(N)=O)cn1. The number of nitrogens with one attached hydrogen (secondary N) is 1. The number of rotatable bonds is 8. The van der Waals surface area contributed by atoms with E-state index in [-0.39, 0.29) is 11.6 Å². The molecule has 4 aromatic rings. The Morgan fingerprint density at radius 2 is 2.12 bits per heavy atom. The second-order valence-corrected chi connectivity index (χ2v) is 7.53. The van der Waals surface area contributed by atoms with Crippen molar-refractivity contribution in [2.75, 3.05) is 37.0 Å². The minimum atomic E-state index is -0.649. The summed E-state index contributed by atoms with van der Waals surface area (Å²) in [6, 6.07) is 8.22. The van der Waals surface area contributed by atoms with Crippen molar-refractivity contribution < 1.29 is 13.9 Å². The van der Waals surface area contributed by atoms with Crippen molar-refractivity contribution in [1.82, 2.24) is 24.7 Å². The Kier molecular flexibility index (Phi) is 5.15. The molecule has 164 valence electrons. The van der Waals surface area contributed by atoms with Crippen molar-refractivity contribution in [3.05, 3.63) is 54.2 Å². The Morgan fingerprint density at radius 1 is 1.28 bits per heavy atom. The average Bonchev–Trinajstić information content (AvgIpc) is 3.38. The van der Waals surface area contributed by atoms with Gasteiger partial charge in [0, 0.05) is 32.3 Å². The summed E-state index contributed by atoms with van der Waals surface area (Å²) in [4.78, 5) is 27.5. The number of methoxy groups -OCH3 is 1. The fourth-order valence-electron chi connectivity index (χ4n) is 3.55. The summed E-state index contributed by atoms with van der Waals surface area (Å²) in [6.45, 7) is 2.49.